The smallest absolute Gasteiger partial charge is 0.224 e. The number of rotatable bonds is 6. The first-order valence-corrected chi connectivity index (χ1v) is 7.60. The summed E-state index contributed by atoms with van der Waals surface area (Å²) in [5.41, 5.74) is 3.37. The molecule has 0 aliphatic carbocycles. The summed E-state index contributed by atoms with van der Waals surface area (Å²) < 4.78 is 0. The molecule has 1 unspecified atom stereocenters. The summed E-state index contributed by atoms with van der Waals surface area (Å²) in [6.07, 6.45) is 0.420. The second-order valence-electron chi connectivity index (χ2n) is 5.90. The fourth-order valence-corrected chi connectivity index (χ4v) is 2.51. The molecule has 2 aromatic rings. The molecular formula is C19H24N2O. The Balaban J connectivity index is 2.07. The SMILES string of the molecule is Cc1ccccc1CC(=O)NC(CN(C)C)c1ccccc1. The third-order valence-electron chi connectivity index (χ3n) is 3.70. The van der Waals surface area contributed by atoms with E-state index in [9.17, 15) is 4.79 Å². The van der Waals surface area contributed by atoms with Crippen LogP contribution in [0.25, 0.3) is 0 Å². The van der Waals surface area contributed by atoms with Crippen LogP contribution in [-0.4, -0.2) is 31.4 Å². The van der Waals surface area contributed by atoms with Crippen LogP contribution >= 0.6 is 0 Å². The molecule has 1 amide bonds. The number of benzene rings is 2. The second kappa shape index (κ2) is 7.76. The summed E-state index contributed by atoms with van der Waals surface area (Å²) in [6.45, 7) is 2.82. The molecule has 0 aliphatic rings. The molecule has 0 spiro atoms. The molecular weight excluding hydrogens is 272 g/mol. The van der Waals surface area contributed by atoms with E-state index in [1.807, 2.05) is 63.5 Å². The number of hydrogen-bond acceptors (Lipinski definition) is 2. The number of likely N-dealkylation sites (N-methyl/N-ethyl adjacent to an activating group) is 1. The Morgan fingerprint density at radius 3 is 2.32 bits per heavy atom. The van der Waals surface area contributed by atoms with Crippen LogP contribution in [0.2, 0.25) is 0 Å². The van der Waals surface area contributed by atoms with Crippen LogP contribution in [0.3, 0.4) is 0 Å². The van der Waals surface area contributed by atoms with Gasteiger partial charge in [0, 0.05) is 6.54 Å². The van der Waals surface area contributed by atoms with Crippen molar-refractivity contribution < 1.29 is 4.79 Å². The van der Waals surface area contributed by atoms with Crippen LogP contribution in [0.1, 0.15) is 22.7 Å². The number of carbonyl (C=O) groups is 1. The zero-order valence-corrected chi connectivity index (χ0v) is 13.5. The van der Waals surface area contributed by atoms with Crippen LogP contribution in [0.15, 0.2) is 54.6 Å². The van der Waals surface area contributed by atoms with Gasteiger partial charge in [-0.15, -0.1) is 0 Å². The van der Waals surface area contributed by atoms with Gasteiger partial charge in [0.2, 0.25) is 5.91 Å². The van der Waals surface area contributed by atoms with Gasteiger partial charge in [-0.05, 0) is 37.7 Å². The molecule has 2 aromatic carbocycles. The lowest BCUT2D eigenvalue weighted by Crippen LogP contribution is -2.36. The molecule has 0 fully saturated rings. The van der Waals surface area contributed by atoms with Gasteiger partial charge in [0.1, 0.15) is 0 Å². The molecule has 22 heavy (non-hydrogen) atoms. The average molecular weight is 296 g/mol. The zero-order valence-electron chi connectivity index (χ0n) is 13.5. The molecule has 3 heteroatoms. The van der Waals surface area contributed by atoms with Gasteiger partial charge in [-0.3, -0.25) is 4.79 Å². The lowest BCUT2D eigenvalue weighted by Gasteiger charge is -2.23. The van der Waals surface area contributed by atoms with Gasteiger partial charge < -0.3 is 10.2 Å². The van der Waals surface area contributed by atoms with Gasteiger partial charge in [-0.2, -0.15) is 0 Å². The van der Waals surface area contributed by atoms with Gasteiger partial charge in [0.15, 0.2) is 0 Å². The normalized spacial score (nSPS) is 12.2. The third kappa shape index (κ3) is 4.71. The fourth-order valence-electron chi connectivity index (χ4n) is 2.51. The highest BCUT2D eigenvalue weighted by molar-refractivity contribution is 5.79. The van der Waals surface area contributed by atoms with E-state index in [0.29, 0.717) is 6.42 Å². The van der Waals surface area contributed by atoms with Gasteiger partial charge in [-0.1, -0.05) is 54.6 Å². The van der Waals surface area contributed by atoms with Crippen molar-refractivity contribution >= 4 is 5.91 Å². The first-order chi connectivity index (χ1) is 10.6. The van der Waals surface area contributed by atoms with Crippen LogP contribution < -0.4 is 5.32 Å². The summed E-state index contributed by atoms with van der Waals surface area (Å²) >= 11 is 0. The van der Waals surface area contributed by atoms with E-state index in [1.165, 1.54) is 0 Å². The molecule has 3 nitrogen and oxygen atoms in total. The van der Waals surface area contributed by atoms with Crippen molar-refractivity contribution in [2.45, 2.75) is 19.4 Å². The first-order valence-electron chi connectivity index (χ1n) is 7.60. The van der Waals surface area contributed by atoms with Crippen molar-refractivity contribution in [1.29, 1.82) is 0 Å². The van der Waals surface area contributed by atoms with Crippen LogP contribution in [0, 0.1) is 6.92 Å². The topological polar surface area (TPSA) is 32.3 Å². The molecule has 0 saturated carbocycles. The minimum atomic E-state index is 0.00715. The van der Waals surface area contributed by atoms with Gasteiger partial charge in [0.05, 0.1) is 12.5 Å². The van der Waals surface area contributed by atoms with Crippen molar-refractivity contribution in [3.05, 3.63) is 71.3 Å². The summed E-state index contributed by atoms with van der Waals surface area (Å²) in [5, 5.41) is 3.16. The van der Waals surface area contributed by atoms with Gasteiger partial charge in [0.25, 0.3) is 0 Å². The van der Waals surface area contributed by atoms with E-state index in [4.69, 9.17) is 0 Å². The molecule has 1 N–H and O–H groups in total. The predicted molar refractivity (Wildman–Crippen MR) is 90.8 cm³/mol. The highest BCUT2D eigenvalue weighted by atomic mass is 16.1. The maximum Gasteiger partial charge on any atom is 0.224 e. The van der Waals surface area contributed by atoms with E-state index in [0.717, 1.165) is 23.2 Å². The Hall–Kier alpha value is -2.13. The van der Waals surface area contributed by atoms with Crippen molar-refractivity contribution in [2.75, 3.05) is 20.6 Å². The molecule has 116 valence electrons. The minimum Gasteiger partial charge on any atom is -0.348 e. The maximum atomic E-state index is 12.4. The van der Waals surface area contributed by atoms with E-state index < -0.39 is 0 Å². The predicted octanol–water partition coefficient (Wildman–Crippen LogP) is 2.96. The van der Waals surface area contributed by atoms with E-state index in [-0.39, 0.29) is 11.9 Å². The highest BCUT2D eigenvalue weighted by Gasteiger charge is 2.16. The largest absolute Gasteiger partial charge is 0.348 e. The summed E-state index contributed by atoms with van der Waals surface area (Å²) in [6, 6.07) is 18.1. The number of nitrogens with one attached hydrogen (secondary N) is 1. The van der Waals surface area contributed by atoms with Crippen molar-refractivity contribution in [1.82, 2.24) is 10.2 Å². The third-order valence-corrected chi connectivity index (χ3v) is 3.70. The Labute approximate surface area is 133 Å². The number of aryl methyl sites for hydroxylation is 1. The quantitative estimate of drug-likeness (QED) is 0.889. The van der Waals surface area contributed by atoms with Crippen LogP contribution in [0.5, 0.6) is 0 Å². The monoisotopic (exact) mass is 296 g/mol. The zero-order chi connectivity index (χ0) is 15.9. The molecule has 0 saturated heterocycles. The Kier molecular flexibility index (Phi) is 5.73. The van der Waals surface area contributed by atoms with Crippen LogP contribution in [-0.2, 0) is 11.2 Å². The van der Waals surface area contributed by atoms with Gasteiger partial charge in [-0.25, -0.2) is 0 Å². The Morgan fingerprint density at radius 2 is 1.68 bits per heavy atom. The molecule has 0 aliphatic heterocycles. The lowest BCUT2D eigenvalue weighted by molar-refractivity contribution is -0.121. The van der Waals surface area contributed by atoms with Gasteiger partial charge >= 0.3 is 0 Å². The summed E-state index contributed by atoms with van der Waals surface area (Å²) in [5.74, 6) is 0.0602. The molecule has 0 heterocycles. The summed E-state index contributed by atoms with van der Waals surface area (Å²) in [7, 11) is 4.03. The van der Waals surface area contributed by atoms with Crippen molar-refractivity contribution in [3.63, 3.8) is 0 Å². The molecule has 0 radical (unpaired) electrons. The van der Waals surface area contributed by atoms with E-state index in [2.05, 4.69) is 22.3 Å². The molecule has 0 bridgehead atoms. The number of amides is 1. The first kappa shape index (κ1) is 16.2. The number of hydrogen-bond donors (Lipinski definition) is 1. The maximum absolute atomic E-state index is 12.4. The second-order valence-corrected chi connectivity index (χ2v) is 5.90. The van der Waals surface area contributed by atoms with E-state index in [1.54, 1.807) is 0 Å². The number of carbonyl (C=O) groups excluding carboxylic acids is 1. The average Bonchev–Trinajstić information content (AvgIpc) is 2.49. The van der Waals surface area contributed by atoms with E-state index >= 15 is 0 Å². The van der Waals surface area contributed by atoms with Crippen molar-refractivity contribution in [3.8, 4) is 0 Å². The number of nitrogens with zero attached hydrogens (tertiary/aromatic N) is 1. The molecule has 1 atom stereocenters. The van der Waals surface area contributed by atoms with Crippen LogP contribution in [0.4, 0.5) is 0 Å². The Bertz CT molecular complexity index is 608. The molecule has 0 aromatic heterocycles. The Morgan fingerprint density at radius 1 is 1.05 bits per heavy atom. The van der Waals surface area contributed by atoms with Crippen molar-refractivity contribution in [2.24, 2.45) is 0 Å². The minimum absolute atomic E-state index is 0.00715. The summed E-state index contributed by atoms with van der Waals surface area (Å²) in [4.78, 5) is 14.5. The fraction of sp³-hybridized carbons (Fsp3) is 0.316. The molecule has 2 rings (SSSR count). The lowest BCUT2D eigenvalue weighted by atomic mass is 10.0. The standard InChI is InChI=1S/C19H24N2O/c1-15-9-7-8-12-17(15)13-19(22)20-18(14-21(2)3)16-10-5-4-6-11-16/h4-12,18H,13-14H2,1-3H3,(H,20,22). The highest BCUT2D eigenvalue weighted by Crippen LogP contribution is 2.14.